The molecule has 2 aromatic rings. The van der Waals surface area contributed by atoms with Crippen LogP contribution in [0, 0.1) is 12.8 Å². The van der Waals surface area contributed by atoms with Gasteiger partial charge in [-0.15, -0.1) is 0 Å². The van der Waals surface area contributed by atoms with Crippen LogP contribution >= 0.6 is 0 Å². The maximum absolute atomic E-state index is 12.3. The van der Waals surface area contributed by atoms with Crippen molar-refractivity contribution in [1.82, 2.24) is 20.0 Å². The van der Waals surface area contributed by atoms with Crippen molar-refractivity contribution in [2.75, 3.05) is 26.7 Å². The van der Waals surface area contributed by atoms with Crippen LogP contribution in [-0.2, 0) is 17.9 Å². The summed E-state index contributed by atoms with van der Waals surface area (Å²) in [7, 11) is 2.09. The van der Waals surface area contributed by atoms with Crippen molar-refractivity contribution < 1.29 is 9.53 Å². The standard InChI is InChI=1S/C21H30N4O2/c1-16-8-10-25(11-9-16)21(26)15-27-20-6-4-18(5-7-20)13-24(3)14-19-12-22-23-17(19)2/h4-7,12,16H,8-11,13-15H2,1-3H3,(H,22,23). The van der Waals surface area contributed by atoms with Gasteiger partial charge < -0.3 is 9.64 Å². The number of nitrogens with zero attached hydrogens (tertiary/aromatic N) is 3. The van der Waals surface area contributed by atoms with Gasteiger partial charge in [-0.05, 0) is 50.4 Å². The van der Waals surface area contributed by atoms with Gasteiger partial charge in [0.05, 0.1) is 6.20 Å². The summed E-state index contributed by atoms with van der Waals surface area (Å²) in [5.41, 5.74) is 3.53. The number of rotatable bonds is 7. The Kier molecular flexibility index (Phi) is 6.50. The Morgan fingerprint density at radius 2 is 1.96 bits per heavy atom. The van der Waals surface area contributed by atoms with E-state index in [1.807, 2.05) is 30.2 Å². The van der Waals surface area contributed by atoms with Crippen molar-refractivity contribution in [3.8, 4) is 5.75 Å². The summed E-state index contributed by atoms with van der Waals surface area (Å²) in [6, 6.07) is 8.00. The van der Waals surface area contributed by atoms with Gasteiger partial charge in [-0.3, -0.25) is 14.8 Å². The molecule has 1 aromatic heterocycles. The van der Waals surface area contributed by atoms with Crippen molar-refractivity contribution in [3.63, 3.8) is 0 Å². The van der Waals surface area contributed by atoms with E-state index in [4.69, 9.17) is 4.74 Å². The number of carbonyl (C=O) groups excluding carboxylic acids is 1. The van der Waals surface area contributed by atoms with Crippen molar-refractivity contribution >= 4 is 5.91 Å². The quantitative estimate of drug-likeness (QED) is 0.814. The van der Waals surface area contributed by atoms with Gasteiger partial charge >= 0.3 is 0 Å². The molecule has 0 bridgehead atoms. The summed E-state index contributed by atoms with van der Waals surface area (Å²) in [4.78, 5) is 16.4. The number of hydrogen-bond donors (Lipinski definition) is 1. The summed E-state index contributed by atoms with van der Waals surface area (Å²) < 4.78 is 5.69. The number of aromatic amines is 1. The van der Waals surface area contributed by atoms with Crippen molar-refractivity contribution in [2.45, 2.75) is 39.8 Å². The largest absolute Gasteiger partial charge is 0.484 e. The average Bonchev–Trinajstić information content (AvgIpc) is 3.06. The fourth-order valence-electron chi connectivity index (χ4n) is 3.38. The molecule has 1 saturated heterocycles. The Hall–Kier alpha value is -2.34. The lowest BCUT2D eigenvalue weighted by Gasteiger charge is -2.30. The molecule has 0 unspecified atom stereocenters. The maximum atomic E-state index is 12.3. The summed E-state index contributed by atoms with van der Waals surface area (Å²) in [5, 5.41) is 7.04. The summed E-state index contributed by atoms with van der Waals surface area (Å²) >= 11 is 0. The molecule has 1 fully saturated rings. The molecule has 0 spiro atoms. The van der Waals surface area contributed by atoms with Gasteiger partial charge in [-0.2, -0.15) is 5.10 Å². The zero-order valence-electron chi connectivity index (χ0n) is 16.6. The number of ether oxygens (including phenoxy) is 1. The lowest BCUT2D eigenvalue weighted by atomic mass is 9.99. The Balaban J connectivity index is 1.44. The summed E-state index contributed by atoms with van der Waals surface area (Å²) in [5.74, 6) is 1.55. The molecule has 146 valence electrons. The van der Waals surface area contributed by atoms with E-state index in [2.05, 4.69) is 41.2 Å². The first kappa shape index (κ1) is 19.4. The van der Waals surface area contributed by atoms with E-state index in [-0.39, 0.29) is 12.5 Å². The van der Waals surface area contributed by atoms with E-state index in [1.54, 1.807) is 0 Å². The number of piperidine rings is 1. The summed E-state index contributed by atoms with van der Waals surface area (Å²) in [6.45, 7) is 7.80. The molecule has 1 aliphatic heterocycles. The molecular formula is C21H30N4O2. The number of aryl methyl sites for hydroxylation is 1. The summed E-state index contributed by atoms with van der Waals surface area (Å²) in [6.07, 6.45) is 4.06. The molecule has 0 atom stereocenters. The molecule has 0 radical (unpaired) electrons. The van der Waals surface area contributed by atoms with Crippen LogP contribution in [0.4, 0.5) is 0 Å². The Morgan fingerprint density at radius 3 is 2.59 bits per heavy atom. The Morgan fingerprint density at radius 1 is 1.26 bits per heavy atom. The van der Waals surface area contributed by atoms with Crippen LogP contribution in [0.1, 0.15) is 36.6 Å². The van der Waals surface area contributed by atoms with Gasteiger partial charge in [-0.25, -0.2) is 0 Å². The molecule has 0 saturated carbocycles. The van der Waals surface area contributed by atoms with Crippen LogP contribution in [0.5, 0.6) is 5.75 Å². The number of benzene rings is 1. The molecule has 3 rings (SSSR count). The van der Waals surface area contributed by atoms with E-state index in [9.17, 15) is 4.79 Å². The fraction of sp³-hybridized carbons (Fsp3) is 0.524. The molecule has 27 heavy (non-hydrogen) atoms. The third kappa shape index (κ3) is 5.57. The second kappa shape index (κ2) is 9.04. The van der Waals surface area contributed by atoms with Crippen LogP contribution in [-0.4, -0.2) is 52.6 Å². The monoisotopic (exact) mass is 370 g/mol. The molecule has 1 amide bonds. The van der Waals surface area contributed by atoms with Crippen LogP contribution in [0.2, 0.25) is 0 Å². The lowest BCUT2D eigenvalue weighted by molar-refractivity contribution is -0.134. The smallest absolute Gasteiger partial charge is 0.260 e. The predicted octanol–water partition coefficient (Wildman–Crippen LogP) is 2.99. The maximum Gasteiger partial charge on any atom is 0.260 e. The van der Waals surface area contributed by atoms with Crippen LogP contribution in [0.3, 0.4) is 0 Å². The van der Waals surface area contributed by atoms with E-state index in [1.165, 1.54) is 11.1 Å². The lowest BCUT2D eigenvalue weighted by Crippen LogP contribution is -2.40. The van der Waals surface area contributed by atoms with Gasteiger partial charge in [-0.1, -0.05) is 19.1 Å². The minimum atomic E-state index is 0.0844. The third-order valence-corrected chi connectivity index (χ3v) is 5.25. The van der Waals surface area contributed by atoms with Gasteiger partial charge in [0, 0.05) is 37.4 Å². The van der Waals surface area contributed by atoms with Gasteiger partial charge in [0.15, 0.2) is 6.61 Å². The molecule has 6 heteroatoms. The minimum absolute atomic E-state index is 0.0844. The Labute approximate surface area is 161 Å². The highest BCUT2D eigenvalue weighted by Gasteiger charge is 2.20. The van der Waals surface area contributed by atoms with Gasteiger partial charge in [0.1, 0.15) is 5.75 Å². The second-order valence-corrected chi connectivity index (χ2v) is 7.69. The molecule has 1 N–H and O–H groups in total. The van der Waals surface area contributed by atoms with E-state index >= 15 is 0 Å². The first-order chi connectivity index (χ1) is 13.0. The number of hydrogen-bond acceptors (Lipinski definition) is 4. The SMILES string of the molecule is Cc1[nH]ncc1CN(C)Cc1ccc(OCC(=O)N2CCC(C)CC2)cc1. The van der Waals surface area contributed by atoms with Crippen LogP contribution in [0.15, 0.2) is 30.5 Å². The van der Waals surface area contributed by atoms with Crippen molar-refractivity contribution in [2.24, 2.45) is 5.92 Å². The number of nitrogens with one attached hydrogen (secondary N) is 1. The fourth-order valence-corrected chi connectivity index (χ4v) is 3.38. The highest BCUT2D eigenvalue weighted by atomic mass is 16.5. The zero-order valence-corrected chi connectivity index (χ0v) is 16.6. The molecule has 1 aliphatic rings. The van der Waals surface area contributed by atoms with Crippen molar-refractivity contribution in [3.05, 3.63) is 47.3 Å². The van der Waals surface area contributed by atoms with E-state index < -0.39 is 0 Å². The minimum Gasteiger partial charge on any atom is -0.484 e. The molecule has 0 aliphatic carbocycles. The zero-order chi connectivity index (χ0) is 19.2. The van der Waals surface area contributed by atoms with Gasteiger partial charge in [0.2, 0.25) is 0 Å². The highest BCUT2D eigenvalue weighted by Crippen LogP contribution is 2.17. The third-order valence-electron chi connectivity index (χ3n) is 5.25. The molecular weight excluding hydrogens is 340 g/mol. The normalized spacial score (nSPS) is 15.3. The first-order valence-corrected chi connectivity index (χ1v) is 9.68. The number of likely N-dealkylation sites (tertiary alicyclic amines) is 1. The second-order valence-electron chi connectivity index (χ2n) is 7.69. The van der Waals surface area contributed by atoms with E-state index in [0.717, 1.165) is 56.4 Å². The Bertz CT molecular complexity index is 733. The average molecular weight is 370 g/mol. The first-order valence-electron chi connectivity index (χ1n) is 9.68. The topological polar surface area (TPSA) is 61.5 Å². The van der Waals surface area contributed by atoms with Crippen LogP contribution in [0.25, 0.3) is 0 Å². The molecule has 2 heterocycles. The number of aromatic nitrogens is 2. The van der Waals surface area contributed by atoms with E-state index in [0.29, 0.717) is 0 Å². The molecule has 1 aromatic carbocycles. The number of H-pyrrole nitrogens is 1. The predicted molar refractivity (Wildman–Crippen MR) is 105 cm³/mol. The van der Waals surface area contributed by atoms with Crippen LogP contribution < -0.4 is 4.74 Å². The number of amides is 1. The van der Waals surface area contributed by atoms with Crippen molar-refractivity contribution in [1.29, 1.82) is 0 Å². The van der Waals surface area contributed by atoms with Gasteiger partial charge in [0.25, 0.3) is 5.91 Å². The molecule has 6 nitrogen and oxygen atoms in total. The highest BCUT2D eigenvalue weighted by molar-refractivity contribution is 5.77. The number of carbonyl (C=O) groups is 1.